The number of Topliss-reactive ketones (excluding diaryl/α,β-unsaturated/α-hetero) is 1. The molecule has 0 radical (unpaired) electrons. The average Bonchev–Trinajstić information content (AvgIpc) is 2.35. The van der Waals surface area contributed by atoms with Crippen LogP contribution >= 0.6 is 11.8 Å². The van der Waals surface area contributed by atoms with E-state index >= 15 is 0 Å². The van der Waals surface area contributed by atoms with Crippen molar-refractivity contribution in [2.75, 3.05) is 5.75 Å². The third-order valence-electron chi connectivity index (χ3n) is 2.33. The molecule has 6 heteroatoms. The summed E-state index contributed by atoms with van der Waals surface area (Å²) >= 11 is 0.937. The van der Waals surface area contributed by atoms with E-state index in [-0.39, 0.29) is 16.7 Å². The van der Waals surface area contributed by atoms with Crippen molar-refractivity contribution in [3.63, 3.8) is 0 Å². The van der Waals surface area contributed by atoms with E-state index in [2.05, 4.69) is 4.98 Å². The second-order valence-corrected chi connectivity index (χ2v) is 5.07. The summed E-state index contributed by atoms with van der Waals surface area (Å²) in [5, 5.41) is 19.5. The van der Waals surface area contributed by atoms with Gasteiger partial charge in [0.1, 0.15) is 6.10 Å². The molecule has 1 rings (SSSR count). The number of carbonyl (C=O) groups excluding carboxylic acids is 2. The number of aliphatic hydroxyl groups excluding tert-OH is 2. The lowest BCUT2D eigenvalue weighted by atomic mass is 10.0. The van der Waals surface area contributed by atoms with Crippen molar-refractivity contribution < 1.29 is 19.8 Å². The molecule has 0 fully saturated rings. The lowest BCUT2D eigenvalue weighted by molar-refractivity contribution is -0.109. The van der Waals surface area contributed by atoms with Crippen LogP contribution < -0.4 is 0 Å². The van der Waals surface area contributed by atoms with Crippen molar-refractivity contribution in [3.8, 4) is 0 Å². The Balaban J connectivity index is 2.76. The standard InChI is InChI=1S/C12H15NO4S/c1-7(14)9-3-10(5-13-4-9)12(17)11(16)6-18-8(2)15/h3-5,11-12,16-17H,6H2,1-2H3. The quantitative estimate of drug-likeness (QED) is 0.774. The van der Waals surface area contributed by atoms with Gasteiger partial charge in [-0.2, -0.15) is 0 Å². The summed E-state index contributed by atoms with van der Waals surface area (Å²) in [7, 11) is 0. The van der Waals surface area contributed by atoms with Crippen LogP contribution in [0.15, 0.2) is 18.5 Å². The summed E-state index contributed by atoms with van der Waals surface area (Å²) in [5.41, 5.74) is 0.734. The zero-order valence-corrected chi connectivity index (χ0v) is 11.0. The normalized spacial score (nSPS) is 14.0. The van der Waals surface area contributed by atoms with Gasteiger partial charge in [-0.1, -0.05) is 11.8 Å². The molecule has 0 bridgehead atoms. The highest BCUT2D eigenvalue weighted by Crippen LogP contribution is 2.20. The molecule has 2 atom stereocenters. The zero-order chi connectivity index (χ0) is 13.7. The maximum absolute atomic E-state index is 11.2. The molecule has 0 aliphatic rings. The molecular formula is C12H15NO4S. The smallest absolute Gasteiger partial charge is 0.185 e. The SMILES string of the molecule is CC(=O)SCC(O)C(O)c1cncc(C(C)=O)c1. The minimum atomic E-state index is -1.16. The van der Waals surface area contributed by atoms with Gasteiger partial charge in [0.05, 0.1) is 6.10 Å². The van der Waals surface area contributed by atoms with E-state index in [4.69, 9.17) is 0 Å². The number of aromatic nitrogens is 1. The molecule has 2 unspecified atom stereocenters. The van der Waals surface area contributed by atoms with Crippen molar-refractivity contribution in [2.24, 2.45) is 0 Å². The second-order valence-electron chi connectivity index (χ2n) is 3.88. The van der Waals surface area contributed by atoms with Crippen LogP contribution in [0, 0.1) is 0 Å². The summed E-state index contributed by atoms with van der Waals surface area (Å²) in [4.78, 5) is 25.8. The maximum atomic E-state index is 11.2. The van der Waals surface area contributed by atoms with Crippen LogP contribution in [0.3, 0.4) is 0 Å². The molecule has 0 aromatic carbocycles. The second kappa shape index (κ2) is 6.63. The van der Waals surface area contributed by atoms with Gasteiger partial charge >= 0.3 is 0 Å². The van der Waals surface area contributed by atoms with E-state index in [1.807, 2.05) is 0 Å². The van der Waals surface area contributed by atoms with Crippen LogP contribution in [0.5, 0.6) is 0 Å². The van der Waals surface area contributed by atoms with Crippen molar-refractivity contribution >= 4 is 22.7 Å². The molecule has 0 spiro atoms. The van der Waals surface area contributed by atoms with E-state index < -0.39 is 12.2 Å². The van der Waals surface area contributed by atoms with Gasteiger partial charge in [-0.3, -0.25) is 14.6 Å². The maximum Gasteiger partial charge on any atom is 0.185 e. The van der Waals surface area contributed by atoms with Gasteiger partial charge in [-0.25, -0.2) is 0 Å². The fourth-order valence-corrected chi connectivity index (χ4v) is 1.92. The van der Waals surface area contributed by atoms with Crippen LogP contribution in [0.4, 0.5) is 0 Å². The van der Waals surface area contributed by atoms with Gasteiger partial charge in [0, 0.05) is 36.2 Å². The Bertz CT molecular complexity index is 449. The predicted octanol–water partition coefficient (Wildman–Crippen LogP) is 0.958. The van der Waals surface area contributed by atoms with Crippen molar-refractivity contribution in [2.45, 2.75) is 26.1 Å². The van der Waals surface area contributed by atoms with Gasteiger partial charge in [-0.15, -0.1) is 0 Å². The Labute approximate surface area is 109 Å². The number of carbonyl (C=O) groups is 2. The summed E-state index contributed by atoms with van der Waals surface area (Å²) in [5.74, 6) is -0.0648. The number of hydrogen-bond donors (Lipinski definition) is 2. The van der Waals surface area contributed by atoms with Crippen LogP contribution in [-0.4, -0.2) is 38.0 Å². The molecule has 1 aromatic rings. The number of pyridine rings is 1. The molecule has 5 nitrogen and oxygen atoms in total. The van der Waals surface area contributed by atoms with Crippen LogP contribution in [0.25, 0.3) is 0 Å². The van der Waals surface area contributed by atoms with E-state index in [9.17, 15) is 19.8 Å². The number of thioether (sulfide) groups is 1. The van der Waals surface area contributed by atoms with Crippen molar-refractivity contribution in [1.29, 1.82) is 0 Å². The minimum absolute atomic E-state index is 0.0980. The molecule has 0 aliphatic carbocycles. The van der Waals surface area contributed by atoms with Gasteiger partial charge in [0.25, 0.3) is 0 Å². The summed E-state index contributed by atoms with van der Waals surface area (Å²) in [6.45, 7) is 2.79. The largest absolute Gasteiger partial charge is 0.389 e. The number of aliphatic hydroxyl groups is 2. The Kier molecular flexibility index (Phi) is 5.46. The molecule has 2 N–H and O–H groups in total. The fraction of sp³-hybridized carbons (Fsp3) is 0.417. The Hall–Kier alpha value is -1.24. The van der Waals surface area contributed by atoms with Crippen LogP contribution in [0.1, 0.15) is 35.9 Å². The van der Waals surface area contributed by atoms with Crippen molar-refractivity contribution in [1.82, 2.24) is 4.98 Å². The Morgan fingerprint density at radius 3 is 2.56 bits per heavy atom. The summed E-state index contributed by atoms with van der Waals surface area (Å²) in [6, 6.07) is 1.49. The molecule has 0 amide bonds. The highest BCUT2D eigenvalue weighted by atomic mass is 32.2. The monoisotopic (exact) mass is 269 g/mol. The van der Waals surface area contributed by atoms with Gasteiger partial charge in [0.15, 0.2) is 10.9 Å². The molecule has 0 saturated carbocycles. The van der Waals surface area contributed by atoms with E-state index in [0.29, 0.717) is 11.1 Å². The third kappa shape index (κ3) is 4.21. The van der Waals surface area contributed by atoms with Crippen LogP contribution in [0.2, 0.25) is 0 Å². The summed E-state index contributed by atoms with van der Waals surface area (Å²) in [6.07, 6.45) is 0.542. The first kappa shape index (κ1) is 14.8. The molecule has 18 heavy (non-hydrogen) atoms. The number of hydrogen-bond acceptors (Lipinski definition) is 6. The Morgan fingerprint density at radius 1 is 1.33 bits per heavy atom. The predicted molar refractivity (Wildman–Crippen MR) is 68.3 cm³/mol. The van der Waals surface area contributed by atoms with E-state index in [1.54, 1.807) is 0 Å². The van der Waals surface area contributed by atoms with Gasteiger partial charge < -0.3 is 10.2 Å². The van der Waals surface area contributed by atoms with Gasteiger partial charge in [-0.05, 0) is 13.0 Å². The van der Waals surface area contributed by atoms with Crippen LogP contribution in [-0.2, 0) is 4.79 Å². The molecular weight excluding hydrogens is 254 g/mol. The lowest BCUT2D eigenvalue weighted by Gasteiger charge is -2.17. The van der Waals surface area contributed by atoms with Crippen molar-refractivity contribution in [3.05, 3.63) is 29.6 Å². The zero-order valence-electron chi connectivity index (χ0n) is 10.2. The van der Waals surface area contributed by atoms with E-state index in [0.717, 1.165) is 11.8 Å². The fourth-order valence-electron chi connectivity index (χ4n) is 1.33. The minimum Gasteiger partial charge on any atom is -0.389 e. The number of ketones is 1. The average molecular weight is 269 g/mol. The lowest BCUT2D eigenvalue weighted by Crippen LogP contribution is -2.21. The first-order valence-corrected chi connectivity index (χ1v) is 6.35. The molecule has 0 saturated heterocycles. The molecule has 0 aliphatic heterocycles. The van der Waals surface area contributed by atoms with Gasteiger partial charge in [0.2, 0.25) is 0 Å². The first-order chi connectivity index (χ1) is 8.41. The molecule has 98 valence electrons. The van der Waals surface area contributed by atoms with E-state index in [1.165, 1.54) is 32.3 Å². The number of nitrogens with zero attached hydrogens (tertiary/aromatic N) is 1. The molecule has 1 aromatic heterocycles. The highest BCUT2D eigenvalue weighted by Gasteiger charge is 2.20. The third-order valence-corrected chi connectivity index (χ3v) is 3.24. The first-order valence-electron chi connectivity index (χ1n) is 5.37. The topological polar surface area (TPSA) is 87.5 Å². The number of rotatable bonds is 5. The molecule has 1 heterocycles. The summed E-state index contributed by atoms with van der Waals surface area (Å²) < 4.78 is 0. The highest BCUT2D eigenvalue weighted by molar-refractivity contribution is 8.13. The Morgan fingerprint density at radius 2 is 2.00 bits per heavy atom.